The second-order valence-corrected chi connectivity index (χ2v) is 16.8. The summed E-state index contributed by atoms with van der Waals surface area (Å²) in [6.45, 7) is 0. The Hall–Kier alpha value is -9.62. The molecule has 0 fully saturated rings. The molecule has 0 saturated carbocycles. The molecule has 0 radical (unpaired) electrons. The molecule has 0 aliphatic rings. The van der Waals surface area contributed by atoms with Crippen molar-refractivity contribution < 1.29 is 0 Å². The van der Waals surface area contributed by atoms with E-state index in [1.807, 2.05) is 48.5 Å². The summed E-state index contributed by atoms with van der Waals surface area (Å²) >= 11 is 0. The van der Waals surface area contributed by atoms with Crippen LogP contribution in [-0.4, -0.2) is 9.13 Å². The average molecular weight is 869 g/mol. The van der Waals surface area contributed by atoms with Crippen LogP contribution in [0.5, 0.6) is 0 Å². The summed E-state index contributed by atoms with van der Waals surface area (Å²) < 4.78 is 4.53. The molecule has 2 aromatic heterocycles. The third kappa shape index (κ3) is 6.72. The van der Waals surface area contributed by atoms with Gasteiger partial charge in [0.1, 0.15) is 0 Å². The molecular weight excluding hydrogens is 829 g/mol. The van der Waals surface area contributed by atoms with Crippen LogP contribution in [0.4, 0.5) is 34.1 Å². The summed E-state index contributed by atoms with van der Waals surface area (Å²) in [5.74, 6) is 0. The van der Waals surface area contributed by atoms with Crippen LogP contribution in [-0.2, 0) is 0 Å². The first-order valence-corrected chi connectivity index (χ1v) is 22.6. The Kier molecular flexibility index (Phi) is 9.83. The normalized spacial score (nSPS) is 11.2. The van der Waals surface area contributed by atoms with Crippen LogP contribution in [0.3, 0.4) is 0 Å². The lowest BCUT2D eigenvalue weighted by Crippen LogP contribution is -2.09. The first-order valence-electron chi connectivity index (χ1n) is 22.6. The van der Waals surface area contributed by atoms with Crippen molar-refractivity contribution in [2.45, 2.75) is 0 Å². The molecule has 0 spiro atoms. The predicted molar refractivity (Wildman–Crippen MR) is 279 cm³/mol. The third-order valence-corrected chi connectivity index (χ3v) is 12.9. The zero-order valence-electron chi connectivity index (χ0n) is 36.8. The van der Waals surface area contributed by atoms with Crippen LogP contribution in [0.25, 0.3) is 66.1 Å². The molecule has 0 bridgehead atoms. The van der Waals surface area contributed by atoms with E-state index in [2.05, 4.69) is 225 Å². The van der Waals surface area contributed by atoms with Crippen molar-refractivity contribution in [1.82, 2.24) is 9.13 Å². The summed E-state index contributed by atoms with van der Waals surface area (Å²) in [5.41, 5.74) is 14.6. The summed E-state index contributed by atoms with van der Waals surface area (Å²) in [6, 6.07) is 88.8. The van der Waals surface area contributed by atoms with Crippen LogP contribution in [0, 0.1) is 22.7 Å². The maximum atomic E-state index is 10.7. The lowest BCUT2D eigenvalue weighted by Gasteiger charge is -2.25. The van der Waals surface area contributed by atoms with E-state index in [9.17, 15) is 10.5 Å². The number of aromatic nitrogens is 2. The van der Waals surface area contributed by atoms with Gasteiger partial charge >= 0.3 is 0 Å². The number of para-hydroxylation sites is 6. The van der Waals surface area contributed by atoms with Gasteiger partial charge in [0.15, 0.2) is 0 Å². The molecule has 0 unspecified atom stereocenters. The van der Waals surface area contributed by atoms with E-state index in [-0.39, 0.29) is 0 Å². The number of nitrogens with zero attached hydrogens (tertiary/aromatic N) is 6. The number of anilines is 6. The number of hydrogen-bond acceptors (Lipinski definition) is 4. The average Bonchev–Trinajstić information content (AvgIpc) is 3.92. The summed E-state index contributed by atoms with van der Waals surface area (Å²) in [5, 5.41) is 25.8. The Balaban J connectivity index is 1.01. The van der Waals surface area contributed by atoms with Crippen LogP contribution in [0.15, 0.2) is 243 Å². The van der Waals surface area contributed by atoms with Gasteiger partial charge in [-0.2, -0.15) is 10.5 Å². The molecule has 318 valence electrons. The minimum atomic E-state index is 0.487. The lowest BCUT2D eigenvalue weighted by atomic mass is 9.95. The predicted octanol–water partition coefficient (Wildman–Crippen LogP) is 16.2. The summed E-state index contributed by atoms with van der Waals surface area (Å²) in [7, 11) is 0. The van der Waals surface area contributed by atoms with Gasteiger partial charge in [-0.25, -0.2) is 0 Å². The van der Waals surface area contributed by atoms with Crippen LogP contribution >= 0.6 is 0 Å². The first-order chi connectivity index (χ1) is 33.7. The minimum Gasteiger partial charge on any atom is -0.310 e. The van der Waals surface area contributed by atoms with E-state index in [1.54, 1.807) is 0 Å². The Morgan fingerprint density at radius 2 is 0.603 bits per heavy atom. The number of nitriles is 2. The van der Waals surface area contributed by atoms with E-state index in [1.165, 1.54) is 0 Å². The highest BCUT2D eigenvalue weighted by atomic mass is 15.1. The highest BCUT2D eigenvalue weighted by Crippen LogP contribution is 2.43. The molecule has 0 N–H and O–H groups in total. The van der Waals surface area contributed by atoms with Crippen molar-refractivity contribution in [3.63, 3.8) is 0 Å². The van der Waals surface area contributed by atoms with E-state index in [4.69, 9.17) is 0 Å². The second kappa shape index (κ2) is 16.7. The lowest BCUT2D eigenvalue weighted by molar-refractivity contribution is 1.17. The first kappa shape index (κ1) is 39.9. The number of fused-ring (bicyclic) bond motifs is 6. The van der Waals surface area contributed by atoms with Crippen LogP contribution < -0.4 is 9.80 Å². The van der Waals surface area contributed by atoms with Gasteiger partial charge in [-0.3, -0.25) is 0 Å². The molecule has 12 rings (SSSR count). The summed E-state index contributed by atoms with van der Waals surface area (Å²) in [4.78, 5) is 4.56. The molecule has 2 heterocycles. The van der Waals surface area contributed by atoms with Gasteiger partial charge in [-0.1, -0.05) is 109 Å². The Morgan fingerprint density at radius 1 is 0.279 bits per heavy atom. The van der Waals surface area contributed by atoms with E-state index in [0.717, 1.165) is 89.1 Å². The molecule has 12 aromatic rings. The maximum absolute atomic E-state index is 10.7. The molecule has 0 atom stereocenters. The molecule has 0 saturated heterocycles. The van der Waals surface area contributed by atoms with E-state index in [0.29, 0.717) is 22.3 Å². The fraction of sp³-hybridized carbons (Fsp3) is 0. The van der Waals surface area contributed by atoms with Gasteiger partial charge in [-0.05, 0) is 133 Å². The molecule has 6 nitrogen and oxygen atoms in total. The molecular formula is C62H40N6. The van der Waals surface area contributed by atoms with Crippen molar-refractivity contribution in [1.29, 1.82) is 10.5 Å². The fourth-order valence-electron chi connectivity index (χ4n) is 9.94. The van der Waals surface area contributed by atoms with Crippen molar-refractivity contribution in [2.75, 3.05) is 9.80 Å². The van der Waals surface area contributed by atoms with Crippen molar-refractivity contribution >= 4 is 77.7 Å². The molecule has 10 aromatic carbocycles. The van der Waals surface area contributed by atoms with Gasteiger partial charge < -0.3 is 18.9 Å². The van der Waals surface area contributed by atoms with E-state index >= 15 is 0 Å². The largest absolute Gasteiger partial charge is 0.310 e. The van der Waals surface area contributed by atoms with Gasteiger partial charge in [0.05, 0.1) is 45.3 Å². The van der Waals surface area contributed by atoms with Crippen molar-refractivity contribution in [2.24, 2.45) is 0 Å². The molecule has 0 aliphatic carbocycles. The number of rotatable bonds is 9. The molecule has 0 aliphatic heterocycles. The Bertz CT molecular complexity index is 3600. The Morgan fingerprint density at radius 3 is 0.956 bits per heavy atom. The highest BCUT2D eigenvalue weighted by molar-refractivity contribution is 6.12. The van der Waals surface area contributed by atoms with Gasteiger partial charge in [0.25, 0.3) is 0 Å². The fourth-order valence-corrected chi connectivity index (χ4v) is 9.94. The standard InChI is InChI=1S/C62H40N6/c63-41-43-29-31-51(67-59-27-15-13-25-53(59)57-39-49(33-35-61(57)67)65(45-17-5-1-6-18-45)46-19-7-2-8-20-46)37-55(43)56-38-52(32-30-44(56)42-64)68-60-28-16-14-26-54(60)58-40-50(34-36-62(58)68)66(47-21-9-3-10-22-47)48-23-11-4-12-24-48/h1-40H. The zero-order valence-corrected chi connectivity index (χ0v) is 36.8. The van der Waals surface area contributed by atoms with Crippen molar-refractivity contribution in [3.05, 3.63) is 254 Å². The topological polar surface area (TPSA) is 63.9 Å². The quantitative estimate of drug-likeness (QED) is 0.145. The van der Waals surface area contributed by atoms with E-state index < -0.39 is 0 Å². The van der Waals surface area contributed by atoms with Gasteiger partial charge in [-0.15, -0.1) is 0 Å². The summed E-state index contributed by atoms with van der Waals surface area (Å²) in [6.07, 6.45) is 0. The molecule has 0 amide bonds. The monoisotopic (exact) mass is 868 g/mol. The van der Waals surface area contributed by atoms with Gasteiger partial charge in [0.2, 0.25) is 0 Å². The minimum absolute atomic E-state index is 0.487. The number of hydrogen-bond donors (Lipinski definition) is 0. The van der Waals surface area contributed by atoms with Crippen LogP contribution in [0.1, 0.15) is 11.1 Å². The highest BCUT2D eigenvalue weighted by Gasteiger charge is 2.21. The maximum Gasteiger partial charge on any atom is 0.0998 e. The zero-order chi connectivity index (χ0) is 45.6. The van der Waals surface area contributed by atoms with Crippen LogP contribution in [0.2, 0.25) is 0 Å². The third-order valence-electron chi connectivity index (χ3n) is 12.9. The SMILES string of the molecule is N#Cc1ccc(-n2c3ccccc3c3cc(N(c4ccccc4)c4ccccc4)ccc32)cc1-c1cc(-n2c3ccccc3c3cc(N(c4ccccc4)c4ccccc4)ccc32)ccc1C#N. The Labute approximate surface area is 393 Å². The molecule has 68 heavy (non-hydrogen) atoms. The smallest absolute Gasteiger partial charge is 0.0998 e. The number of benzene rings is 10. The van der Waals surface area contributed by atoms with Gasteiger partial charge in [0, 0.05) is 78.2 Å². The molecule has 6 heteroatoms. The van der Waals surface area contributed by atoms with Crippen molar-refractivity contribution in [3.8, 4) is 34.6 Å². The second-order valence-electron chi connectivity index (χ2n) is 16.8.